The van der Waals surface area contributed by atoms with Gasteiger partial charge in [-0.15, -0.1) is 0 Å². The lowest BCUT2D eigenvalue weighted by Gasteiger charge is -2.33. The Morgan fingerprint density at radius 3 is 2.50 bits per heavy atom. The minimum Gasteiger partial charge on any atom is -0.492 e. The molecular weight excluding hydrogens is 330 g/mol. The molecule has 0 radical (unpaired) electrons. The Morgan fingerprint density at radius 1 is 1.27 bits per heavy atom. The van der Waals surface area contributed by atoms with E-state index in [4.69, 9.17) is 14.7 Å². The van der Waals surface area contributed by atoms with Gasteiger partial charge in [-0.2, -0.15) is 5.26 Å². The van der Waals surface area contributed by atoms with Gasteiger partial charge in [0.2, 0.25) is 5.91 Å². The molecule has 1 saturated heterocycles. The Balaban J connectivity index is 1.94. The van der Waals surface area contributed by atoms with Crippen LogP contribution in [0.3, 0.4) is 0 Å². The van der Waals surface area contributed by atoms with E-state index in [0.717, 1.165) is 57.0 Å². The van der Waals surface area contributed by atoms with Gasteiger partial charge >= 0.3 is 0 Å². The fourth-order valence-corrected chi connectivity index (χ4v) is 3.28. The summed E-state index contributed by atoms with van der Waals surface area (Å²) in [5.74, 6) is 0.591. The van der Waals surface area contributed by atoms with Crippen LogP contribution in [0.1, 0.15) is 38.7 Å². The van der Waals surface area contributed by atoms with E-state index in [9.17, 15) is 4.79 Å². The molecule has 1 heterocycles. The van der Waals surface area contributed by atoms with Gasteiger partial charge in [0.15, 0.2) is 0 Å². The van der Waals surface area contributed by atoms with Gasteiger partial charge in [0, 0.05) is 19.6 Å². The van der Waals surface area contributed by atoms with Gasteiger partial charge in [-0.1, -0.05) is 26.0 Å². The number of nitriles is 1. The summed E-state index contributed by atoms with van der Waals surface area (Å²) in [5.41, 5.74) is 0.592. The van der Waals surface area contributed by atoms with Gasteiger partial charge in [0.05, 0.1) is 24.8 Å². The van der Waals surface area contributed by atoms with Gasteiger partial charge in [0.25, 0.3) is 0 Å². The highest BCUT2D eigenvalue weighted by Gasteiger charge is 2.30. The maximum atomic E-state index is 11.9. The molecule has 0 unspecified atom stereocenters. The fraction of sp³-hybridized carbons (Fsp3) is 0.600. The molecule has 6 heteroatoms. The van der Waals surface area contributed by atoms with Crippen molar-refractivity contribution < 1.29 is 14.3 Å². The number of nitrogens with one attached hydrogen (secondary N) is 1. The Bertz CT molecular complexity index is 600. The molecule has 2 rings (SSSR count). The van der Waals surface area contributed by atoms with Gasteiger partial charge in [-0.25, -0.2) is 0 Å². The van der Waals surface area contributed by atoms with E-state index in [-0.39, 0.29) is 12.3 Å². The van der Waals surface area contributed by atoms with Crippen LogP contribution in [0.25, 0.3) is 0 Å². The lowest BCUT2D eigenvalue weighted by atomic mass is 9.84. The average Bonchev–Trinajstić information content (AvgIpc) is 2.68. The van der Waals surface area contributed by atoms with Crippen molar-refractivity contribution in [2.75, 3.05) is 39.5 Å². The topological polar surface area (TPSA) is 74.6 Å². The number of carbonyl (C=O) groups excluding carboxylic acids is 1. The van der Waals surface area contributed by atoms with Crippen LogP contribution in [-0.2, 0) is 15.1 Å². The van der Waals surface area contributed by atoms with Crippen molar-refractivity contribution in [1.82, 2.24) is 10.2 Å². The van der Waals surface area contributed by atoms with E-state index in [1.165, 1.54) is 0 Å². The number of hydrogen-bond donors (Lipinski definition) is 1. The zero-order valence-electron chi connectivity index (χ0n) is 15.8. The summed E-state index contributed by atoms with van der Waals surface area (Å²) in [4.78, 5) is 14.3. The molecular formula is C20H29N3O3. The van der Waals surface area contributed by atoms with Gasteiger partial charge in [-0.05, 0) is 30.5 Å². The molecule has 0 aromatic heterocycles. The van der Waals surface area contributed by atoms with Crippen LogP contribution in [0.5, 0.6) is 5.75 Å². The minimum atomic E-state index is -0.444. The van der Waals surface area contributed by atoms with Crippen molar-refractivity contribution >= 4 is 5.91 Å². The molecule has 0 bridgehead atoms. The summed E-state index contributed by atoms with van der Waals surface area (Å²) < 4.78 is 11.2. The van der Waals surface area contributed by atoms with Gasteiger partial charge in [-0.3, -0.25) is 9.69 Å². The number of nitrogens with zero attached hydrogens (tertiary/aromatic N) is 2. The average molecular weight is 359 g/mol. The molecule has 1 fully saturated rings. The zero-order valence-corrected chi connectivity index (χ0v) is 15.8. The third kappa shape index (κ3) is 5.45. The van der Waals surface area contributed by atoms with Crippen molar-refractivity contribution in [3.8, 4) is 11.8 Å². The lowest BCUT2D eigenvalue weighted by molar-refractivity contribution is -0.122. The van der Waals surface area contributed by atoms with Crippen LogP contribution in [0.15, 0.2) is 24.3 Å². The smallest absolute Gasteiger partial charge is 0.234 e. The SMILES string of the molecule is CCC(CC)(NC(=O)CC#N)c1ccc(OCCN2CCOCC2)cc1. The molecule has 0 saturated carbocycles. The van der Waals surface area contributed by atoms with Crippen molar-refractivity contribution in [3.63, 3.8) is 0 Å². The van der Waals surface area contributed by atoms with Crippen LogP contribution < -0.4 is 10.1 Å². The maximum Gasteiger partial charge on any atom is 0.234 e. The maximum absolute atomic E-state index is 11.9. The number of amides is 1. The molecule has 0 atom stereocenters. The highest BCUT2D eigenvalue weighted by atomic mass is 16.5. The number of ether oxygens (including phenoxy) is 2. The standard InChI is InChI=1S/C20H29N3O3/c1-3-20(4-2,22-19(24)9-10-21)17-5-7-18(8-6-17)26-16-13-23-11-14-25-15-12-23/h5-8H,3-4,9,11-16H2,1-2H3,(H,22,24). The summed E-state index contributed by atoms with van der Waals surface area (Å²) in [6.45, 7) is 9.13. The molecule has 1 aromatic rings. The first-order chi connectivity index (χ1) is 12.6. The predicted molar refractivity (Wildman–Crippen MR) is 99.8 cm³/mol. The first kappa shape index (κ1) is 20.2. The van der Waals surface area contributed by atoms with E-state index in [1.54, 1.807) is 0 Å². The minimum absolute atomic E-state index is 0.121. The normalized spacial score (nSPS) is 15.3. The molecule has 1 aromatic carbocycles. The zero-order chi connectivity index (χ0) is 18.8. The van der Waals surface area contributed by atoms with Gasteiger partial charge < -0.3 is 14.8 Å². The second kappa shape index (κ2) is 10.1. The van der Waals surface area contributed by atoms with Crippen molar-refractivity contribution in [3.05, 3.63) is 29.8 Å². The molecule has 1 N–H and O–H groups in total. The van der Waals surface area contributed by atoms with Crippen molar-refractivity contribution in [1.29, 1.82) is 5.26 Å². The van der Waals surface area contributed by atoms with Crippen LogP contribution in [0.4, 0.5) is 0 Å². The third-order valence-electron chi connectivity index (χ3n) is 5.01. The Kier molecular flexibility index (Phi) is 7.89. The summed E-state index contributed by atoms with van der Waals surface area (Å²) in [5, 5.41) is 11.8. The Labute approximate surface area is 156 Å². The highest BCUT2D eigenvalue weighted by Crippen LogP contribution is 2.30. The predicted octanol–water partition coefficient (Wildman–Crippen LogP) is 2.44. The molecule has 1 aliphatic heterocycles. The van der Waals surface area contributed by atoms with E-state index < -0.39 is 5.54 Å². The summed E-state index contributed by atoms with van der Waals surface area (Å²) in [6.07, 6.45) is 1.40. The molecule has 0 aliphatic carbocycles. The molecule has 1 aliphatic rings. The van der Waals surface area contributed by atoms with Crippen LogP contribution in [0, 0.1) is 11.3 Å². The van der Waals surface area contributed by atoms with E-state index in [0.29, 0.717) is 6.61 Å². The largest absolute Gasteiger partial charge is 0.492 e. The number of morpholine rings is 1. The van der Waals surface area contributed by atoms with E-state index in [2.05, 4.69) is 10.2 Å². The van der Waals surface area contributed by atoms with Crippen LogP contribution in [0.2, 0.25) is 0 Å². The van der Waals surface area contributed by atoms with E-state index in [1.807, 2.05) is 44.2 Å². The van der Waals surface area contributed by atoms with Crippen LogP contribution in [-0.4, -0.2) is 50.3 Å². The van der Waals surface area contributed by atoms with Crippen LogP contribution >= 0.6 is 0 Å². The first-order valence-corrected chi connectivity index (χ1v) is 9.35. The monoisotopic (exact) mass is 359 g/mol. The summed E-state index contributed by atoms with van der Waals surface area (Å²) >= 11 is 0. The number of carbonyl (C=O) groups is 1. The fourth-order valence-electron chi connectivity index (χ4n) is 3.28. The number of hydrogen-bond acceptors (Lipinski definition) is 5. The third-order valence-corrected chi connectivity index (χ3v) is 5.01. The molecule has 0 spiro atoms. The number of benzene rings is 1. The summed E-state index contributed by atoms with van der Waals surface area (Å²) in [6, 6.07) is 9.81. The summed E-state index contributed by atoms with van der Waals surface area (Å²) in [7, 11) is 0. The lowest BCUT2D eigenvalue weighted by Crippen LogP contribution is -2.44. The van der Waals surface area contributed by atoms with Crippen molar-refractivity contribution in [2.24, 2.45) is 0 Å². The first-order valence-electron chi connectivity index (χ1n) is 9.35. The highest BCUT2D eigenvalue weighted by molar-refractivity contribution is 5.79. The number of rotatable bonds is 9. The van der Waals surface area contributed by atoms with E-state index >= 15 is 0 Å². The Morgan fingerprint density at radius 2 is 1.92 bits per heavy atom. The second-order valence-corrected chi connectivity index (χ2v) is 6.50. The van der Waals surface area contributed by atoms with Crippen molar-refractivity contribution in [2.45, 2.75) is 38.6 Å². The molecule has 142 valence electrons. The quantitative estimate of drug-likeness (QED) is 0.733. The molecule has 26 heavy (non-hydrogen) atoms. The second-order valence-electron chi connectivity index (χ2n) is 6.50. The Hall–Kier alpha value is -2.10. The molecule has 1 amide bonds. The molecule has 6 nitrogen and oxygen atoms in total. The van der Waals surface area contributed by atoms with Gasteiger partial charge in [0.1, 0.15) is 18.8 Å².